The lowest BCUT2D eigenvalue weighted by Gasteiger charge is -2.37. The minimum absolute atomic E-state index is 0.520. The summed E-state index contributed by atoms with van der Waals surface area (Å²) in [6.07, 6.45) is 8.21. The first-order valence-corrected chi connectivity index (χ1v) is 10.2. The zero-order valence-electron chi connectivity index (χ0n) is 17.8. The first-order valence-electron chi connectivity index (χ1n) is 10.2. The SMILES string of the molecule is C=C(Nc1cc2cc(-c3cnn(C)c3)cc(C)c2cn1)N(C)C1CCN(C)CC1. The summed E-state index contributed by atoms with van der Waals surface area (Å²) in [5.41, 5.74) is 3.50. The second-order valence-electron chi connectivity index (χ2n) is 8.20. The molecule has 3 heterocycles. The quantitative estimate of drug-likeness (QED) is 0.717. The molecule has 29 heavy (non-hydrogen) atoms. The van der Waals surface area contributed by atoms with E-state index in [9.17, 15) is 0 Å². The number of nitrogens with zero attached hydrogens (tertiary/aromatic N) is 5. The molecule has 1 aromatic carbocycles. The summed E-state index contributed by atoms with van der Waals surface area (Å²) < 4.78 is 1.83. The van der Waals surface area contributed by atoms with Gasteiger partial charge in [0.25, 0.3) is 0 Å². The first kappa shape index (κ1) is 19.5. The van der Waals surface area contributed by atoms with E-state index < -0.39 is 0 Å². The Labute approximate surface area is 172 Å². The largest absolute Gasteiger partial charge is 0.359 e. The van der Waals surface area contributed by atoms with Gasteiger partial charge in [0, 0.05) is 43.5 Å². The molecule has 6 nitrogen and oxygen atoms in total. The van der Waals surface area contributed by atoms with E-state index in [-0.39, 0.29) is 0 Å². The molecule has 1 N–H and O–H groups in total. The molecule has 0 aliphatic carbocycles. The zero-order chi connectivity index (χ0) is 20.5. The Morgan fingerprint density at radius 3 is 2.59 bits per heavy atom. The summed E-state index contributed by atoms with van der Waals surface area (Å²) in [5, 5.41) is 10.0. The molecule has 1 aliphatic heterocycles. The summed E-state index contributed by atoms with van der Waals surface area (Å²) >= 11 is 0. The average molecular weight is 391 g/mol. The van der Waals surface area contributed by atoms with Crippen LogP contribution in [0.15, 0.2) is 49.2 Å². The maximum atomic E-state index is 4.63. The topological polar surface area (TPSA) is 49.2 Å². The van der Waals surface area contributed by atoms with E-state index in [1.54, 1.807) is 0 Å². The van der Waals surface area contributed by atoms with Gasteiger partial charge in [0.2, 0.25) is 0 Å². The molecule has 2 aromatic heterocycles. The van der Waals surface area contributed by atoms with Crippen LogP contribution in [0.4, 0.5) is 5.82 Å². The highest BCUT2D eigenvalue weighted by atomic mass is 15.3. The van der Waals surface area contributed by atoms with Crippen LogP contribution in [0.5, 0.6) is 0 Å². The molecule has 3 aromatic rings. The Kier molecular flexibility index (Phi) is 5.28. The predicted octanol–water partition coefficient (Wildman–Crippen LogP) is 3.85. The van der Waals surface area contributed by atoms with E-state index in [0.717, 1.165) is 53.9 Å². The fourth-order valence-corrected chi connectivity index (χ4v) is 4.08. The third kappa shape index (κ3) is 4.12. The highest BCUT2D eigenvalue weighted by Gasteiger charge is 2.21. The van der Waals surface area contributed by atoms with Gasteiger partial charge in [-0.1, -0.05) is 12.6 Å². The predicted molar refractivity (Wildman–Crippen MR) is 120 cm³/mol. The van der Waals surface area contributed by atoms with Crippen molar-refractivity contribution in [3.05, 3.63) is 54.8 Å². The van der Waals surface area contributed by atoms with Crippen molar-refractivity contribution in [2.45, 2.75) is 25.8 Å². The number of anilines is 1. The van der Waals surface area contributed by atoms with Gasteiger partial charge < -0.3 is 15.1 Å². The molecule has 1 aliphatic rings. The van der Waals surface area contributed by atoms with Crippen molar-refractivity contribution in [3.8, 4) is 11.1 Å². The molecule has 152 valence electrons. The van der Waals surface area contributed by atoms with Crippen molar-refractivity contribution in [1.29, 1.82) is 0 Å². The molecule has 6 heteroatoms. The number of likely N-dealkylation sites (tertiary alicyclic amines) is 1. The Hall–Kier alpha value is -2.86. The standard InChI is InChI=1S/C23H30N6/c1-16-10-18(20-13-25-28(4)15-20)11-19-12-23(24-14-22(16)19)26-17(2)29(5)21-6-8-27(3)9-7-21/h10-15,21H,2,6-9H2,1,3-5H3,(H,24,26). The molecule has 0 amide bonds. The normalized spacial score (nSPS) is 15.6. The van der Waals surface area contributed by atoms with Crippen LogP contribution in [0.3, 0.4) is 0 Å². The van der Waals surface area contributed by atoms with Crippen molar-refractivity contribution < 1.29 is 0 Å². The molecular weight excluding hydrogens is 360 g/mol. The molecule has 0 radical (unpaired) electrons. The molecule has 0 spiro atoms. The van der Waals surface area contributed by atoms with Gasteiger partial charge in [0.05, 0.1) is 12.0 Å². The molecule has 0 bridgehead atoms. The summed E-state index contributed by atoms with van der Waals surface area (Å²) in [5.74, 6) is 1.72. The molecule has 1 fully saturated rings. The maximum Gasteiger partial charge on any atom is 0.131 e. The van der Waals surface area contributed by atoms with E-state index in [0.29, 0.717) is 6.04 Å². The van der Waals surface area contributed by atoms with Gasteiger partial charge in [-0.3, -0.25) is 4.68 Å². The molecule has 4 rings (SSSR count). The molecule has 1 saturated heterocycles. The van der Waals surface area contributed by atoms with Crippen LogP contribution in [0.2, 0.25) is 0 Å². The van der Waals surface area contributed by atoms with Crippen molar-refractivity contribution in [2.75, 3.05) is 32.5 Å². The lowest BCUT2D eigenvalue weighted by atomic mass is 10.0. The van der Waals surface area contributed by atoms with Crippen LogP contribution in [-0.2, 0) is 7.05 Å². The number of aryl methyl sites for hydroxylation is 2. The van der Waals surface area contributed by atoms with E-state index in [1.807, 2.05) is 30.3 Å². The molecule has 0 saturated carbocycles. The molecule has 0 unspecified atom stereocenters. The van der Waals surface area contributed by atoms with Gasteiger partial charge in [-0.25, -0.2) is 4.98 Å². The zero-order valence-corrected chi connectivity index (χ0v) is 17.8. The number of hydrogen-bond acceptors (Lipinski definition) is 5. The van der Waals surface area contributed by atoms with Crippen molar-refractivity contribution in [3.63, 3.8) is 0 Å². The lowest BCUT2D eigenvalue weighted by molar-refractivity contribution is 0.172. The third-order valence-corrected chi connectivity index (χ3v) is 6.02. The Morgan fingerprint density at radius 2 is 1.90 bits per heavy atom. The minimum atomic E-state index is 0.520. The Bertz CT molecular complexity index is 1030. The van der Waals surface area contributed by atoms with Crippen LogP contribution in [-0.4, -0.2) is 57.8 Å². The number of rotatable bonds is 5. The lowest BCUT2D eigenvalue weighted by Crippen LogP contribution is -2.42. The van der Waals surface area contributed by atoms with Gasteiger partial charge in [-0.05, 0) is 68.5 Å². The summed E-state index contributed by atoms with van der Waals surface area (Å²) in [6, 6.07) is 7.03. The van der Waals surface area contributed by atoms with E-state index in [2.05, 4.69) is 71.0 Å². The second kappa shape index (κ2) is 7.87. The fraction of sp³-hybridized carbons (Fsp3) is 0.391. The summed E-state index contributed by atoms with van der Waals surface area (Å²) in [6.45, 7) is 8.65. The number of fused-ring (bicyclic) bond motifs is 1. The van der Waals surface area contributed by atoms with Crippen LogP contribution in [0.25, 0.3) is 21.9 Å². The summed E-state index contributed by atoms with van der Waals surface area (Å²) in [7, 11) is 6.25. The average Bonchev–Trinajstić information content (AvgIpc) is 3.14. The summed E-state index contributed by atoms with van der Waals surface area (Å²) in [4.78, 5) is 9.27. The third-order valence-electron chi connectivity index (χ3n) is 6.02. The highest BCUT2D eigenvalue weighted by molar-refractivity contribution is 5.91. The van der Waals surface area contributed by atoms with Gasteiger partial charge in [0.15, 0.2) is 0 Å². The van der Waals surface area contributed by atoms with Crippen LogP contribution in [0, 0.1) is 6.92 Å². The second-order valence-corrected chi connectivity index (χ2v) is 8.20. The van der Waals surface area contributed by atoms with Crippen LogP contribution in [0.1, 0.15) is 18.4 Å². The van der Waals surface area contributed by atoms with Crippen molar-refractivity contribution >= 4 is 16.6 Å². The smallest absolute Gasteiger partial charge is 0.131 e. The number of aromatic nitrogens is 3. The number of benzene rings is 1. The van der Waals surface area contributed by atoms with Crippen LogP contribution >= 0.6 is 0 Å². The van der Waals surface area contributed by atoms with Crippen LogP contribution < -0.4 is 5.32 Å². The number of piperidine rings is 1. The Balaban J connectivity index is 1.55. The monoisotopic (exact) mass is 390 g/mol. The van der Waals surface area contributed by atoms with Gasteiger partial charge in [-0.15, -0.1) is 0 Å². The van der Waals surface area contributed by atoms with Gasteiger partial charge >= 0.3 is 0 Å². The minimum Gasteiger partial charge on any atom is -0.359 e. The van der Waals surface area contributed by atoms with Crippen molar-refractivity contribution in [1.82, 2.24) is 24.6 Å². The van der Waals surface area contributed by atoms with E-state index in [4.69, 9.17) is 0 Å². The van der Waals surface area contributed by atoms with Crippen molar-refractivity contribution in [2.24, 2.45) is 7.05 Å². The van der Waals surface area contributed by atoms with E-state index >= 15 is 0 Å². The van der Waals surface area contributed by atoms with Gasteiger partial charge in [0.1, 0.15) is 5.82 Å². The maximum absolute atomic E-state index is 4.63. The first-order chi connectivity index (χ1) is 13.9. The highest BCUT2D eigenvalue weighted by Crippen LogP contribution is 2.28. The number of nitrogens with one attached hydrogen (secondary N) is 1. The number of pyridine rings is 1. The molecular formula is C23H30N6. The molecule has 0 atom stereocenters. The van der Waals surface area contributed by atoms with E-state index in [1.165, 1.54) is 11.1 Å². The number of hydrogen-bond donors (Lipinski definition) is 1. The fourth-order valence-electron chi connectivity index (χ4n) is 4.08. The van der Waals surface area contributed by atoms with Gasteiger partial charge in [-0.2, -0.15) is 5.10 Å². The Morgan fingerprint density at radius 1 is 1.14 bits per heavy atom.